The minimum atomic E-state index is -0.558. The molecule has 0 amide bonds. The van der Waals surface area contributed by atoms with Crippen molar-refractivity contribution >= 4 is 8.80 Å². The zero-order valence-electron chi connectivity index (χ0n) is 8.37. The summed E-state index contributed by atoms with van der Waals surface area (Å²) >= 11 is 0. The van der Waals surface area contributed by atoms with E-state index in [1.807, 2.05) is 0 Å². The zero-order chi connectivity index (χ0) is 9.52. The predicted octanol–water partition coefficient (Wildman–Crippen LogP) is 3.20. The quantitative estimate of drug-likeness (QED) is 0.494. The minimum absolute atomic E-state index is 0.558. The van der Waals surface area contributed by atoms with Crippen LogP contribution in [0.3, 0.4) is 0 Å². The Hall–Kier alpha value is -0.823. The molecule has 0 spiro atoms. The van der Waals surface area contributed by atoms with E-state index < -0.39 is 8.80 Å². The molecule has 0 aromatic heterocycles. The van der Waals surface area contributed by atoms with Gasteiger partial charge in [-0.1, -0.05) is 54.9 Å². The Bertz CT molecular complexity index is 241. The third-order valence-corrected chi connectivity index (χ3v) is 5.65. The molecule has 0 heterocycles. The molecule has 1 rings (SSSR count). The van der Waals surface area contributed by atoms with Crippen LogP contribution in [0, 0.1) is 0 Å². The topological polar surface area (TPSA) is 0 Å². The maximum absolute atomic E-state index is 3.82. The zero-order valence-corrected chi connectivity index (χ0v) is 9.52. The Morgan fingerprint density at radius 1 is 1.31 bits per heavy atom. The molecule has 0 nitrogen and oxygen atoms in total. The van der Waals surface area contributed by atoms with E-state index in [0.717, 1.165) is 0 Å². The number of benzene rings is 1. The van der Waals surface area contributed by atoms with Gasteiger partial charge in [0.25, 0.3) is 0 Å². The highest BCUT2D eigenvalue weighted by Gasteiger charge is 2.06. The number of allylic oxidation sites excluding steroid dienone is 1. The van der Waals surface area contributed by atoms with Gasteiger partial charge >= 0.3 is 0 Å². The van der Waals surface area contributed by atoms with Crippen LogP contribution in [0.15, 0.2) is 43.0 Å². The summed E-state index contributed by atoms with van der Waals surface area (Å²) in [5.41, 5.74) is 1.50. The van der Waals surface area contributed by atoms with E-state index in [9.17, 15) is 0 Å². The van der Waals surface area contributed by atoms with E-state index >= 15 is 0 Å². The highest BCUT2D eigenvalue weighted by Crippen LogP contribution is 2.08. The van der Waals surface area contributed by atoms with Gasteiger partial charge in [-0.15, -0.1) is 6.58 Å². The van der Waals surface area contributed by atoms with Gasteiger partial charge in [-0.2, -0.15) is 0 Å². The summed E-state index contributed by atoms with van der Waals surface area (Å²) in [4.78, 5) is 0. The highest BCUT2D eigenvalue weighted by atomic mass is 28.3. The van der Waals surface area contributed by atoms with Crippen LogP contribution in [0.2, 0.25) is 12.1 Å². The second kappa shape index (κ2) is 5.76. The third-order valence-electron chi connectivity index (χ3n) is 2.44. The van der Waals surface area contributed by atoms with Crippen molar-refractivity contribution in [1.29, 1.82) is 0 Å². The third kappa shape index (κ3) is 3.60. The van der Waals surface area contributed by atoms with E-state index in [1.165, 1.54) is 23.7 Å². The molecule has 1 aromatic carbocycles. The molecule has 0 saturated carbocycles. The molecule has 0 bridgehead atoms. The SMILES string of the molecule is C=CC[SiH](CC)Cc1ccccc1. The van der Waals surface area contributed by atoms with Crippen LogP contribution < -0.4 is 0 Å². The number of rotatable bonds is 5. The van der Waals surface area contributed by atoms with E-state index in [4.69, 9.17) is 0 Å². The van der Waals surface area contributed by atoms with Gasteiger partial charge in [0.05, 0.1) is 0 Å². The van der Waals surface area contributed by atoms with Crippen LogP contribution in [0.25, 0.3) is 0 Å². The summed E-state index contributed by atoms with van der Waals surface area (Å²) in [5, 5.41) is 0. The Kier molecular flexibility index (Phi) is 4.55. The average Bonchev–Trinajstić information content (AvgIpc) is 2.19. The molecular formula is C12H18Si. The molecule has 0 aliphatic carbocycles. The number of hydrogen-bond acceptors (Lipinski definition) is 0. The average molecular weight is 190 g/mol. The summed E-state index contributed by atoms with van der Waals surface area (Å²) in [5.74, 6) is 0. The first-order chi connectivity index (χ1) is 6.36. The van der Waals surface area contributed by atoms with Crippen molar-refractivity contribution in [2.75, 3.05) is 0 Å². The summed E-state index contributed by atoms with van der Waals surface area (Å²) in [6, 6.07) is 14.8. The molecule has 1 aromatic rings. The molecule has 0 aliphatic heterocycles. The normalized spacial score (nSPS) is 12.4. The summed E-state index contributed by atoms with van der Waals surface area (Å²) < 4.78 is 0. The van der Waals surface area contributed by atoms with E-state index in [-0.39, 0.29) is 0 Å². The first-order valence-corrected chi connectivity index (χ1v) is 7.46. The largest absolute Gasteiger partial charge is 0.103 e. The van der Waals surface area contributed by atoms with E-state index in [2.05, 4.69) is 49.9 Å². The standard InChI is InChI=1S/C12H18Si/c1-3-10-13(4-2)11-12-8-6-5-7-9-12/h3,5-9,13H,1,4,10-11H2,2H3. The summed E-state index contributed by atoms with van der Waals surface area (Å²) in [6.07, 6.45) is 2.09. The molecule has 0 radical (unpaired) electrons. The second-order valence-corrected chi connectivity index (χ2v) is 6.92. The van der Waals surface area contributed by atoms with Crippen molar-refractivity contribution < 1.29 is 0 Å². The molecule has 1 unspecified atom stereocenters. The fourth-order valence-electron chi connectivity index (χ4n) is 1.58. The molecule has 0 saturated heterocycles. The summed E-state index contributed by atoms with van der Waals surface area (Å²) in [7, 11) is -0.558. The Labute approximate surface area is 82.9 Å². The van der Waals surface area contributed by atoms with Gasteiger partial charge in [-0.25, -0.2) is 0 Å². The Morgan fingerprint density at radius 2 is 2.00 bits per heavy atom. The van der Waals surface area contributed by atoms with Crippen molar-refractivity contribution in [2.24, 2.45) is 0 Å². The van der Waals surface area contributed by atoms with Crippen molar-refractivity contribution in [3.63, 3.8) is 0 Å². The minimum Gasteiger partial charge on any atom is -0.103 e. The second-order valence-electron chi connectivity index (χ2n) is 3.49. The fourth-order valence-corrected chi connectivity index (χ4v) is 3.78. The lowest BCUT2D eigenvalue weighted by Crippen LogP contribution is -2.13. The van der Waals surface area contributed by atoms with Crippen molar-refractivity contribution in [3.8, 4) is 0 Å². The van der Waals surface area contributed by atoms with Crippen LogP contribution in [0.1, 0.15) is 12.5 Å². The van der Waals surface area contributed by atoms with Crippen LogP contribution in [0.4, 0.5) is 0 Å². The molecule has 70 valence electrons. The van der Waals surface area contributed by atoms with Gasteiger partial charge in [0.1, 0.15) is 0 Å². The lowest BCUT2D eigenvalue weighted by atomic mass is 10.2. The van der Waals surface area contributed by atoms with E-state index in [1.54, 1.807) is 0 Å². The monoisotopic (exact) mass is 190 g/mol. The van der Waals surface area contributed by atoms with Gasteiger partial charge in [0.2, 0.25) is 0 Å². The maximum atomic E-state index is 3.82. The number of hydrogen-bond donors (Lipinski definition) is 0. The molecule has 0 aliphatic rings. The maximum Gasteiger partial charge on any atom is 0.0447 e. The van der Waals surface area contributed by atoms with Crippen LogP contribution in [0.5, 0.6) is 0 Å². The van der Waals surface area contributed by atoms with Crippen molar-refractivity contribution in [3.05, 3.63) is 48.6 Å². The Balaban J connectivity index is 2.51. The van der Waals surface area contributed by atoms with Crippen LogP contribution in [-0.2, 0) is 6.04 Å². The van der Waals surface area contributed by atoms with E-state index in [0.29, 0.717) is 0 Å². The van der Waals surface area contributed by atoms with Crippen molar-refractivity contribution in [1.82, 2.24) is 0 Å². The molecule has 13 heavy (non-hydrogen) atoms. The first-order valence-electron chi connectivity index (χ1n) is 5.01. The molecule has 0 N–H and O–H groups in total. The van der Waals surface area contributed by atoms with Gasteiger partial charge in [-0.05, 0) is 12.1 Å². The van der Waals surface area contributed by atoms with Crippen molar-refractivity contribution in [2.45, 2.75) is 25.1 Å². The molecular weight excluding hydrogens is 172 g/mol. The predicted molar refractivity (Wildman–Crippen MR) is 62.8 cm³/mol. The van der Waals surface area contributed by atoms with Crippen LogP contribution in [-0.4, -0.2) is 8.80 Å². The smallest absolute Gasteiger partial charge is 0.0447 e. The fraction of sp³-hybridized carbons (Fsp3) is 0.333. The summed E-state index contributed by atoms with van der Waals surface area (Å²) in [6.45, 7) is 6.13. The van der Waals surface area contributed by atoms with Gasteiger partial charge in [0.15, 0.2) is 0 Å². The first kappa shape index (κ1) is 10.3. The lowest BCUT2D eigenvalue weighted by molar-refractivity contribution is 1.26. The van der Waals surface area contributed by atoms with Gasteiger partial charge < -0.3 is 0 Å². The molecule has 1 atom stereocenters. The lowest BCUT2D eigenvalue weighted by Gasteiger charge is -2.10. The van der Waals surface area contributed by atoms with Gasteiger partial charge in [-0.3, -0.25) is 0 Å². The Morgan fingerprint density at radius 3 is 2.54 bits per heavy atom. The van der Waals surface area contributed by atoms with Crippen LogP contribution >= 0.6 is 0 Å². The highest BCUT2D eigenvalue weighted by molar-refractivity contribution is 6.58. The molecule has 0 fully saturated rings. The van der Waals surface area contributed by atoms with Gasteiger partial charge in [0, 0.05) is 8.80 Å². The molecule has 1 heteroatoms.